The molecule has 2 nitrogen and oxygen atoms in total. The van der Waals surface area contributed by atoms with Gasteiger partial charge in [0.2, 0.25) is 0 Å². The smallest absolute Gasteiger partial charge is 0.122 e. The highest BCUT2D eigenvalue weighted by Gasteiger charge is 2.03. The molecule has 0 aliphatic carbocycles. The van der Waals surface area contributed by atoms with E-state index in [1.165, 1.54) is 11.1 Å². The van der Waals surface area contributed by atoms with Crippen molar-refractivity contribution in [2.45, 2.75) is 20.3 Å². The van der Waals surface area contributed by atoms with Crippen LogP contribution in [-0.4, -0.2) is 5.84 Å². The second-order valence-corrected chi connectivity index (χ2v) is 4.19. The summed E-state index contributed by atoms with van der Waals surface area (Å²) < 4.78 is 0. The Morgan fingerprint density at radius 2 is 2.06 bits per heavy atom. The van der Waals surface area contributed by atoms with E-state index in [0.29, 0.717) is 0 Å². The van der Waals surface area contributed by atoms with Crippen LogP contribution in [0.4, 0.5) is 0 Å². The van der Waals surface area contributed by atoms with Crippen LogP contribution in [-0.2, 0) is 0 Å². The maximum atomic E-state index is 7.48. The third kappa shape index (κ3) is 3.74. The molecule has 0 amide bonds. The first kappa shape index (κ1) is 14.0. The van der Waals surface area contributed by atoms with Gasteiger partial charge < -0.3 is 5.73 Å². The summed E-state index contributed by atoms with van der Waals surface area (Å²) in [4.78, 5) is 0. The minimum atomic E-state index is 0.0950. The molecule has 3 N–H and O–H groups in total. The van der Waals surface area contributed by atoms with Crippen molar-refractivity contribution in [1.29, 1.82) is 5.41 Å². The van der Waals surface area contributed by atoms with E-state index in [9.17, 15) is 0 Å². The van der Waals surface area contributed by atoms with Crippen molar-refractivity contribution >= 4 is 11.4 Å². The number of hydrogen-bond donors (Lipinski definition) is 2. The van der Waals surface area contributed by atoms with Crippen molar-refractivity contribution in [2.75, 3.05) is 0 Å². The maximum absolute atomic E-state index is 7.48. The fourth-order valence-corrected chi connectivity index (χ4v) is 1.66. The molecule has 0 saturated heterocycles. The largest absolute Gasteiger partial charge is 0.384 e. The first-order valence-corrected chi connectivity index (χ1v) is 5.97. The topological polar surface area (TPSA) is 49.9 Å². The van der Waals surface area contributed by atoms with Gasteiger partial charge in [-0.3, -0.25) is 5.41 Å². The van der Waals surface area contributed by atoms with Crippen LogP contribution in [0, 0.1) is 5.41 Å². The fraction of sp³-hybridized carbons (Fsp3) is 0.188. The van der Waals surface area contributed by atoms with E-state index in [2.05, 4.69) is 25.7 Å². The molecule has 18 heavy (non-hydrogen) atoms. The number of nitrogen functional groups attached to an aromatic ring is 1. The van der Waals surface area contributed by atoms with Crippen molar-refractivity contribution in [3.8, 4) is 0 Å². The van der Waals surface area contributed by atoms with E-state index in [1.807, 2.05) is 37.3 Å². The number of nitrogens with one attached hydrogen (secondary N) is 1. The van der Waals surface area contributed by atoms with Gasteiger partial charge in [-0.15, -0.1) is 6.58 Å². The van der Waals surface area contributed by atoms with Crippen LogP contribution >= 0.6 is 0 Å². The molecule has 1 rings (SSSR count). The van der Waals surface area contributed by atoms with E-state index in [-0.39, 0.29) is 5.84 Å². The Balaban J connectivity index is 3.21. The van der Waals surface area contributed by atoms with Gasteiger partial charge in [-0.1, -0.05) is 42.0 Å². The number of hydrogen-bond acceptors (Lipinski definition) is 1. The summed E-state index contributed by atoms with van der Waals surface area (Å²) in [6, 6.07) is 7.75. The third-order valence-electron chi connectivity index (χ3n) is 2.77. The minimum Gasteiger partial charge on any atom is -0.384 e. The molecular weight excluding hydrogens is 220 g/mol. The van der Waals surface area contributed by atoms with Crippen LogP contribution in [0.5, 0.6) is 0 Å². The van der Waals surface area contributed by atoms with Crippen molar-refractivity contribution in [1.82, 2.24) is 0 Å². The second kappa shape index (κ2) is 6.60. The van der Waals surface area contributed by atoms with Crippen molar-refractivity contribution in [3.63, 3.8) is 0 Å². The predicted molar refractivity (Wildman–Crippen MR) is 79.7 cm³/mol. The van der Waals surface area contributed by atoms with Crippen molar-refractivity contribution < 1.29 is 0 Å². The average Bonchev–Trinajstić information content (AvgIpc) is 2.38. The molecular formula is C16H20N2. The molecule has 0 aliphatic rings. The summed E-state index contributed by atoms with van der Waals surface area (Å²) in [6.45, 7) is 7.87. The lowest BCUT2D eigenvalue weighted by atomic mass is 9.98. The van der Waals surface area contributed by atoms with Gasteiger partial charge in [0, 0.05) is 5.56 Å². The number of allylic oxidation sites excluding steroid dienone is 5. The Morgan fingerprint density at radius 3 is 2.61 bits per heavy atom. The lowest BCUT2D eigenvalue weighted by Crippen LogP contribution is -2.10. The van der Waals surface area contributed by atoms with E-state index in [0.717, 1.165) is 17.5 Å². The Bertz CT molecular complexity index is 508. The normalized spacial score (nSPS) is 12.3. The quantitative estimate of drug-likeness (QED) is 0.349. The number of rotatable bonds is 5. The maximum Gasteiger partial charge on any atom is 0.122 e. The minimum absolute atomic E-state index is 0.0950. The second-order valence-electron chi connectivity index (χ2n) is 4.19. The molecule has 2 heteroatoms. The number of benzene rings is 1. The van der Waals surface area contributed by atoms with E-state index < -0.39 is 0 Å². The van der Waals surface area contributed by atoms with Crippen LogP contribution in [0.1, 0.15) is 31.4 Å². The number of nitrogens with two attached hydrogens (primary N) is 1. The molecule has 0 aliphatic heterocycles. The molecule has 0 atom stereocenters. The molecule has 1 aromatic carbocycles. The summed E-state index contributed by atoms with van der Waals surface area (Å²) >= 11 is 0. The van der Waals surface area contributed by atoms with Gasteiger partial charge in [0.1, 0.15) is 5.84 Å². The third-order valence-corrected chi connectivity index (χ3v) is 2.77. The average molecular weight is 240 g/mol. The summed E-state index contributed by atoms with van der Waals surface area (Å²) in [6.07, 6.45) is 6.89. The van der Waals surface area contributed by atoms with Gasteiger partial charge in [0.05, 0.1) is 0 Å². The Hall–Kier alpha value is -2.09. The number of amidine groups is 1. The highest BCUT2D eigenvalue weighted by atomic mass is 14.7. The summed E-state index contributed by atoms with van der Waals surface area (Å²) in [5.41, 5.74) is 9.75. The standard InChI is InChI=1S/C16H20N2/c1-4-7-13(10-12(3)5-2)14-8-6-9-15(11-14)16(17)18/h4-6,8-11H,1,7H2,2-3H3,(H3,17,18)/b12-5-,13-10+. The van der Waals surface area contributed by atoms with Gasteiger partial charge in [-0.05, 0) is 37.5 Å². The zero-order chi connectivity index (χ0) is 13.5. The zero-order valence-corrected chi connectivity index (χ0v) is 11.0. The van der Waals surface area contributed by atoms with Gasteiger partial charge in [0.15, 0.2) is 0 Å². The molecule has 0 saturated carbocycles. The van der Waals surface area contributed by atoms with Gasteiger partial charge in [-0.25, -0.2) is 0 Å². The highest BCUT2D eigenvalue weighted by Crippen LogP contribution is 2.21. The lowest BCUT2D eigenvalue weighted by Gasteiger charge is -2.08. The molecule has 0 unspecified atom stereocenters. The summed E-state index contributed by atoms with van der Waals surface area (Å²) in [5, 5.41) is 7.48. The molecule has 0 heterocycles. The van der Waals surface area contributed by atoms with Crippen LogP contribution in [0.25, 0.3) is 5.57 Å². The van der Waals surface area contributed by atoms with E-state index >= 15 is 0 Å². The van der Waals surface area contributed by atoms with Gasteiger partial charge >= 0.3 is 0 Å². The Morgan fingerprint density at radius 1 is 1.39 bits per heavy atom. The molecule has 0 aromatic heterocycles. The molecule has 1 aromatic rings. The Kier molecular flexibility index (Phi) is 5.12. The molecule has 0 spiro atoms. The molecule has 94 valence electrons. The van der Waals surface area contributed by atoms with Crippen LogP contribution in [0.15, 0.2) is 54.6 Å². The van der Waals surface area contributed by atoms with Crippen LogP contribution < -0.4 is 5.73 Å². The highest BCUT2D eigenvalue weighted by molar-refractivity contribution is 5.95. The first-order valence-electron chi connectivity index (χ1n) is 5.97. The van der Waals surface area contributed by atoms with Crippen LogP contribution in [0.3, 0.4) is 0 Å². The van der Waals surface area contributed by atoms with Gasteiger partial charge in [-0.2, -0.15) is 0 Å². The first-order chi connectivity index (χ1) is 8.58. The molecule has 0 radical (unpaired) electrons. The van der Waals surface area contributed by atoms with Crippen molar-refractivity contribution in [3.05, 3.63) is 65.8 Å². The SMILES string of the molecule is C=CC/C(=C\C(C)=C/C)c1cccc(C(=N)N)c1. The summed E-state index contributed by atoms with van der Waals surface area (Å²) in [7, 11) is 0. The molecule has 0 bridgehead atoms. The van der Waals surface area contributed by atoms with E-state index in [4.69, 9.17) is 11.1 Å². The predicted octanol–water partition coefficient (Wildman–Crippen LogP) is 3.90. The molecule has 0 fully saturated rings. The van der Waals surface area contributed by atoms with E-state index in [1.54, 1.807) is 0 Å². The Labute approximate surface area is 109 Å². The monoisotopic (exact) mass is 240 g/mol. The van der Waals surface area contributed by atoms with Gasteiger partial charge in [0.25, 0.3) is 0 Å². The van der Waals surface area contributed by atoms with Crippen LogP contribution in [0.2, 0.25) is 0 Å². The summed E-state index contributed by atoms with van der Waals surface area (Å²) in [5.74, 6) is 0.0950. The lowest BCUT2D eigenvalue weighted by molar-refractivity contribution is 1.36. The fourth-order valence-electron chi connectivity index (χ4n) is 1.66. The van der Waals surface area contributed by atoms with Crippen molar-refractivity contribution in [2.24, 2.45) is 5.73 Å². The zero-order valence-electron chi connectivity index (χ0n) is 11.0.